The molecule has 0 heterocycles. The van der Waals surface area contributed by atoms with E-state index < -0.39 is 0 Å². The van der Waals surface area contributed by atoms with Gasteiger partial charge in [-0.1, -0.05) is 65.0 Å². The van der Waals surface area contributed by atoms with Gasteiger partial charge in [0.2, 0.25) is 0 Å². The number of carbonyl (C=O) groups is 1. The maximum atomic E-state index is 11.3. The van der Waals surface area contributed by atoms with Gasteiger partial charge in [-0.15, -0.1) is 0 Å². The summed E-state index contributed by atoms with van der Waals surface area (Å²) >= 11 is 0. The van der Waals surface area contributed by atoms with Crippen molar-refractivity contribution in [1.29, 1.82) is 0 Å². The second-order valence-electron chi connectivity index (χ2n) is 6.21. The van der Waals surface area contributed by atoms with E-state index in [2.05, 4.69) is 26.8 Å². The number of carbonyl (C=O) groups excluding carboxylic acids is 1. The third-order valence-electron chi connectivity index (χ3n) is 3.73. The number of allylic oxidation sites excluding steroid dienone is 3. The van der Waals surface area contributed by atoms with Crippen LogP contribution < -0.4 is 0 Å². The van der Waals surface area contributed by atoms with Crippen LogP contribution in [0.3, 0.4) is 0 Å². The number of esters is 1. The van der Waals surface area contributed by atoms with Crippen molar-refractivity contribution < 1.29 is 9.53 Å². The van der Waals surface area contributed by atoms with E-state index in [0.717, 1.165) is 17.9 Å². The third-order valence-corrected chi connectivity index (χ3v) is 3.73. The van der Waals surface area contributed by atoms with Crippen molar-refractivity contribution in [2.75, 3.05) is 6.61 Å². The largest absolute Gasteiger partial charge is 0.463 e. The van der Waals surface area contributed by atoms with Crippen LogP contribution in [0.4, 0.5) is 0 Å². The van der Waals surface area contributed by atoms with Gasteiger partial charge < -0.3 is 4.74 Å². The van der Waals surface area contributed by atoms with E-state index in [1.165, 1.54) is 32.1 Å². The van der Waals surface area contributed by atoms with Gasteiger partial charge in [0.05, 0.1) is 6.61 Å². The molecule has 0 aromatic heterocycles. The molecule has 0 N–H and O–H groups in total. The summed E-state index contributed by atoms with van der Waals surface area (Å²) in [6.07, 6.45) is 13.4. The molecule has 0 fully saturated rings. The molecule has 0 aliphatic rings. The third kappa shape index (κ3) is 12.4. The topological polar surface area (TPSA) is 26.3 Å². The molecule has 0 saturated heterocycles. The number of hydrogen-bond donors (Lipinski definition) is 0. The summed E-state index contributed by atoms with van der Waals surface area (Å²) in [5.74, 6) is 1.33. The number of hydrogen-bond acceptors (Lipinski definition) is 2. The first-order valence-electron chi connectivity index (χ1n) is 8.51. The Labute approximate surface area is 131 Å². The van der Waals surface area contributed by atoms with Crippen molar-refractivity contribution in [3.63, 3.8) is 0 Å². The summed E-state index contributed by atoms with van der Waals surface area (Å²) in [6, 6.07) is 0. The molecule has 0 spiro atoms. The molecule has 0 aliphatic carbocycles. The van der Waals surface area contributed by atoms with Crippen molar-refractivity contribution in [3.05, 3.63) is 23.8 Å². The van der Waals surface area contributed by atoms with Gasteiger partial charge in [-0.2, -0.15) is 0 Å². The summed E-state index contributed by atoms with van der Waals surface area (Å²) in [5, 5.41) is 0. The quantitative estimate of drug-likeness (QED) is 0.278. The van der Waals surface area contributed by atoms with E-state index in [4.69, 9.17) is 4.74 Å². The fraction of sp³-hybridized carbons (Fsp3) is 0.737. The van der Waals surface area contributed by atoms with Crippen LogP contribution in [0, 0.1) is 11.8 Å². The Morgan fingerprint density at radius 1 is 1.10 bits per heavy atom. The minimum atomic E-state index is -0.252. The molecule has 122 valence electrons. The van der Waals surface area contributed by atoms with Crippen LogP contribution in [0.5, 0.6) is 0 Å². The number of rotatable bonds is 11. The van der Waals surface area contributed by atoms with Gasteiger partial charge in [0.25, 0.3) is 0 Å². The highest BCUT2D eigenvalue weighted by Crippen LogP contribution is 2.18. The van der Waals surface area contributed by atoms with Crippen LogP contribution in [0.25, 0.3) is 0 Å². The highest BCUT2D eigenvalue weighted by atomic mass is 16.5. The molecule has 0 amide bonds. The standard InChI is InChI=1S/C19H34O2/c1-6-10-16(3)11-8-12-17(4)13-9-14-18(5)15-19(20)21-7-2/h9,14-17H,6-8,10-13H2,1-5H3/b14-9+,18-15+. The van der Waals surface area contributed by atoms with Crippen LogP contribution in [0.2, 0.25) is 0 Å². The van der Waals surface area contributed by atoms with Crippen molar-refractivity contribution >= 4 is 5.97 Å². The molecular formula is C19H34O2. The summed E-state index contributed by atoms with van der Waals surface area (Å²) in [6.45, 7) is 11.1. The zero-order valence-electron chi connectivity index (χ0n) is 14.7. The van der Waals surface area contributed by atoms with E-state index in [-0.39, 0.29) is 5.97 Å². The molecule has 0 saturated carbocycles. The summed E-state index contributed by atoms with van der Waals surface area (Å²) in [7, 11) is 0. The lowest BCUT2D eigenvalue weighted by molar-refractivity contribution is -0.137. The first kappa shape index (κ1) is 19.9. The fourth-order valence-electron chi connectivity index (χ4n) is 2.47. The first-order chi connectivity index (χ1) is 9.99. The zero-order valence-corrected chi connectivity index (χ0v) is 14.7. The van der Waals surface area contributed by atoms with Gasteiger partial charge in [0.15, 0.2) is 0 Å². The lowest BCUT2D eigenvalue weighted by Gasteiger charge is -2.12. The highest BCUT2D eigenvalue weighted by Gasteiger charge is 2.04. The Hall–Kier alpha value is -1.05. The zero-order chi connectivity index (χ0) is 16.1. The van der Waals surface area contributed by atoms with Crippen LogP contribution >= 0.6 is 0 Å². The predicted molar refractivity (Wildman–Crippen MR) is 91.2 cm³/mol. The second kappa shape index (κ2) is 12.7. The van der Waals surface area contributed by atoms with Crippen LogP contribution in [-0.4, -0.2) is 12.6 Å². The molecule has 2 unspecified atom stereocenters. The molecule has 0 aliphatic heterocycles. The second-order valence-corrected chi connectivity index (χ2v) is 6.21. The lowest BCUT2D eigenvalue weighted by Crippen LogP contribution is -2.00. The minimum absolute atomic E-state index is 0.252. The van der Waals surface area contributed by atoms with Gasteiger partial charge in [-0.05, 0) is 37.7 Å². The first-order valence-corrected chi connectivity index (χ1v) is 8.51. The maximum absolute atomic E-state index is 11.3. The normalized spacial score (nSPS) is 15.2. The summed E-state index contributed by atoms with van der Waals surface area (Å²) in [4.78, 5) is 11.3. The van der Waals surface area contributed by atoms with Gasteiger partial charge in [0, 0.05) is 6.08 Å². The Balaban J connectivity index is 3.88. The van der Waals surface area contributed by atoms with E-state index in [1.54, 1.807) is 6.08 Å². The Bertz CT molecular complexity index is 328. The Morgan fingerprint density at radius 2 is 1.76 bits per heavy atom. The number of ether oxygens (including phenoxy) is 1. The van der Waals surface area contributed by atoms with E-state index in [1.807, 2.05) is 19.9 Å². The van der Waals surface area contributed by atoms with E-state index in [0.29, 0.717) is 12.5 Å². The summed E-state index contributed by atoms with van der Waals surface area (Å²) in [5.41, 5.74) is 0.956. The van der Waals surface area contributed by atoms with Crippen molar-refractivity contribution in [2.24, 2.45) is 11.8 Å². The monoisotopic (exact) mass is 294 g/mol. The molecule has 0 aromatic carbocycles. The van der Waals surface area contributed by atoms with Crippen LogP contribution in [0.1, 0.15) is 73.1 Å². The van der Waals surface area contributed by atoms with Gasteiger partial charge in [-0.25, -0.2) is 4.79 Å². The molecule has 0 bridgehead atoms. The molecule has 0 rings (SSSR count). The van der Waals surface area contributed by atoms with Crippen molar-refractivity contribution in [2.45, 2.75) is 73.1 Å². The molecule has 2 atom stereocenters. The average Bonchev–Trinajstić information content (AvgIpc) is 2.39. The van der Waals surface area contributed by atoms with Crippen molar-refractivity contribution in [1.82, 2.24) is 0 Å². The van der Waals surface area contributed by atoms with Gasteiger partial charge in [-0.3, -0.25) is 0 Å². The molecule has 0 aromatic rings. The highest BCUT2D eigenvalue weighted by molar-refractivity contribution is 5.83. The maximum Gasteiger partial charge on any atom is 0.330 e. The van der Waals surface area contributed by atoms with E-state index in [9.17, 15) is 4.79 Å². The van der Waals surface area contributed by atoms with E-state index >= 15 is 0 Å². The Kier molecular flexibility index (Phi) is 12.0. The minimum Gasteiger partial charge on any atom is -0.463 e. The average molecular weight is 294 g/mol. The van der Waals surface area contributed by atoms with Crippen molar-refractivity contribution in [3.8, 4) is 0 Å². The molecule has 0 radical (unpaired) electrons. The molecular weight excluding hydrogens is 260 g/mol. The van der Waals surface area contributed by atoms with Gasteiger partial charge >= 0.3 is 5.97 Å². The summed E-state index contributed by atoms with van der Waals surface area (Å²) < 4.78 is 4.89. The predicted octanol–water partition coefficient (Wildman–Crippen LogP) is 5.68. The SMILES string of the molecule is CCCC(C)CCCC(C)C/C=C/C(C)=C/C(=O)OCC. The van der Waals surface area contributed by atoms with Gasteiger partial charge in [0.1, 0.15) is 0 Å². The molecule has 2 heteroatoms. The Morgan fingerprint density at radius 3 is 2.38 bits per heavy atom. The van der Waals surface area contributed by atoms with Crippen LogP contribution in [-0.2, 0) is 9.53 Å². The van der Waals surface area contributed by atoms with Crippen LogP contribution in [0.15, 0.2) is 23.8 Å². The smallest absolute Gasteiger partial charge is 0.330 e. The lowest BCUT2D eigenvalue weighted by atomic mass is 9.94. The molecule has 21 heavy (non-hydrogen) atoms. The fourth-order valence-corrected chi connectivity index (χ4v) is 2.47. The molecule has 2 nitrogen and oxygen atoms in total.